The summed E-state index contributed by atoms with van der Waals surface area (Å²) in [4.78, 5) is 17.5. The Morgan fingerprint density at radius 3 is 2.74 bits per heavy atom. The second kappa shape index (κ2) is 7.48. The van der Waals surface area contributed by atoms with Gasteiger partial charge in [-0.25, -0.2) is 4.68 Å². The number of rotatable bonds is 6. The third-order valence-electron chi connectivity index (χ3n) is 3.11. The van der Waals surface area contributed by atoms with Gasteiger partial charge >= 0.3 is 0 Å². The molecule has 1 aromatic heterocycles. The zero-order valence-electron chi connectivity index (χ0n) is 12.6. The van der Waals surface area contributed by atoms with E-state index in [-0.39, 0.29) is 22.0 Å². The number of benzene rings is 1. The molecule has 0 unspecified atom stereocenters. The van der Waals surface area contributed by atoms with Crippen LogP contribution in [-0.4, -0.2) is 33.5 Å². The maximum absolute atomic E-state index is 12.6. The number of carbonyl (C=O) groups excluding carboxylic acids is 1. The van der Waals surface area contributed by atoms with Crippen LogP contribution in [0.15, 0.2) is 23.5 Å². The molecule has 2 aromatic rings. The highest BCUT2D eigenvalue weighted by atomic mass is 35.5. The molecule has 8 heteroatoms. The number of aromatic hydroxyl groups is 1. The first kappa shape index (κ1) is 17.3. The molecule has 0 amide bonds. The third-order valence-corrected chi connectivity index (χ3v) is 3.85. The van der Waals surface area contributed by atoms with Crippen molar-refractivity contribution in [2.24, 2.45) is 5.16 Å². The Balaban J connectivity index is 2.45. The van der Waals surface area contributed by atoms with E-state index in [1.807, 2.05) is 0 Å². The van der Waals surface area contributed by atoms with Crippen molar-refractivity contribution in [3.05, 3.63) is 45.1 Å². The summed E-state index contributed by atoms with van der Waals surface area (Å²) >= 11 is 12.4. The first-order valence-electron chi connectivity index (χ1n) is 6.94. The fourth-order valence-electron chi connectivity index (χ4n) is 1.94. The molecule has 0 bridgehead atoms. The van der Waals surface area contributed by atoms with Gasteiger partial charge in [-0.05, 0) is 26.0 Å². The molecule has 1 heterocycles. The van der Waals surface area contributed by atoms with Crippen LogP contribution in [0.25, 0.3) is 0 Å². The number of ketones is 1. The average molecular weight is 356 g/mol. The highest BCUT2D eigenvalue weighted by molar-refractivity contribution is 6.41. The first-order valence-corrected chi connectivity index (χ1v) is 7.69. The Labute approximate surface area is 143 Å². The number of hydrogen-bond donors (Lipinski definition) is 1. The molecule has 23 heavy (non-hydrogen) atoms. The van der Waals surface area contributed by atoms with Crippen LogP contribution in [0.1, 0.15) is 35.3 Å². The topological polar surface area (TPSA) is 76.7 Å². The quantitative estimate of drug-likeness (QED) is 0.488. The van der Waals surface area contributed by atoms with Crippen LogP contribution < -0.4 is 0 Å². The molecule has 122 valence electrons. The molecule has 0 atom stereocenters. The molecular weight excluding hydrogens is 341 g/mol. The number of carbonyl (C=O) groups is 1. The van der Waals surface area contributed by atoms with Gasteiger partial charge in [0.05, 0.1) is 22.5 Å². The van der Waals surface area contributed by atoms with Crippen molar-refractivity contribution in [3.8, 4) is 5.88 Å². The van der Waals surface area contributed by atoms with Gasteiger partial charge in [-0.15, -0.1) is 0 Å². The molecule has 1 aromatic carbocycles. The summed E-state index contributed by atoms with van der Waals surface area (Å²) in [5.41, 5.74) is 0.638. The Morgan fingerprint density at radius 2 is 2.13 bits per heavy atom. The first-order chi connectivity index (χ1) is 11.0. The summed E-state index contributed by atoms with van der Waals surface area (Å²) in [6.45, 7) is 4.43. The van der Waals surface area contributed by atoms with Crippen LogP contribution in [-0.2, 0) is 11.4 Å². The zero-order valence-corrected chi connectivity index (χ0v) is 14.1. The molecule has 2 rings (SSSR count). The lowest BCUT2D eigenvalue weighted by Crippen LogP contribution is -2.04. The lowest BCUT2D eigenvalue weighted by Gasteiger charge is -2.07. The average Bonchev–Trinajstić information content (AvgIpc) is 2.91. The minimum absolute atomic E-state index is 0.0729. The van der Waals surface area contributed by atoms with Crippen LogP contribution >= 0.6 is 23.2 Å². The summed E-state index contributed by atoms with van der Waals surface area (Å²) in [5, 5.41) is 18.1. The number of nitrogens with zero attached hydrogens (tertiary/aromatic N) is 3. The van der Waals surface area contributed by atoms with Crippen molar-refractivity contribution in [1.29, 1.82) is 0 Å². The number of oxime groups is 1. The van der Waals surface area contributed by atoms with E-state index in [2.05, 4.69) is 10.3 Å². The minimum atomic E-state index is -0.449. The van der Waals surface area contributed by atoms with Crippen LogP contribution in [0.2, 0.25) is 10.0 Å². The van der Waals surface area contributed by atoms with Gasteiger partial charge < -0.3 is 9.94 Å². The summed E-state index contributed by atoms with van der Waals surface area (Å²) in [6, 6.07) is 3.03. The van der Waals surface area contributed by atoms with Gasteiger partial charge in [-0.1, -0.05) is 28.4 Å². The molecular formula is C15H15Cl2N3O3. The molecule has 0 aliphatic rings. The number of aromatic nitrogens is 2. The van der Waals surface area contributed by atoms with Crippen molar-refractivity contribution in [2.45, 2.75) is 20.4 Å². The zero-order chi connectivity index (χ0) is 17.0. The number of halogens is 2. The second-order valence-corrected chi connectivity index (χ2v) is 5.29. The monoisotopic (exact) mass is 355 g/mol. The van der Waals surface area contributed by atoms with Crippen molar-refractivity contribution >= 4 is 35.2 Å². The molecule has 0 aliphatic carbocycles. The predicted molar refractivity (Wildman–Crippen MR) is 88.7 cm³/mol. The van der Waals surface area contributed by atoms with E-state index in [1.54, 1.807) is 13.8 Å². The van der Waals surface area contributed by atoms with Crippen molar-refractivity contribution in [3.63, 3.8) is 0 Å². The summed E-state index contributed by atoms with van der Waals surface area (Å²) in [5.74, 6) is -0.650. The van der Waals surface area contributed by atoms with Crippen LogP contribution in [0.3, 0.4) is 0 Å². The predicted octanol–water partition coefficient (Wildman–Crippen LogP) is 3.52. The summed E-state index contributed by atoms with van der Waals surface area (Å²) < 4.78 is 1.31. The Kier molecular flexibility index (Phi) is 5.63. The number of aryl methyl sites for hydroxylation is 1. The largest absolute Gasteiger partial charge is 0.493 e. The van der Waals surface area contributed by atoms with Crippen LogP contribution in [0, 0.1) is 0 Å². The normalized spacial score (nSPS) is 11.1. The molecule has 1 N–H and O–H groups in total. The molecule has 0 saturated carbocycles. The van der Waals surface area contributed by atoms with Gasteiger partial charge in [-0.2, -0.15) is 5.10 Å². The Morgan fingerprint density at radius 1 is 1.39 bits per heavy atom. The molecule has 6 nitrogen and oxygen atoms in total. The molecule has 0 aliphatic heterocycles. The van der Waals surface area contributed by atoms with Gasteiger partial charge in [-0.3, -0.25) is 4.79 Å². The lowest BCUT2D eigenvalue weighted by atomic mass is 10.0. The van der Waals surface area contributed by atoms with Crippen molar-refractivity contribution in [1.82, 2.24) is 9.78 Å². The fourth-order valence-corrected chi connectivity index (χ4v) is 2.50. The maximum atomic E-state index is 12.6. The van der Waals surface area contributed by atoms with Gasteiger partial charge in [0.1, 0.15) is 12.2 Å². The van der Waals surface area contributed by atoms with Crippen molar-refractivity contribution < 1.29 is 14.7 Å². The van der Waals surface area contributed by atoms with Gasteiger partial charge in [0.15, 0.2) is 0 Å². The van der Waals surface area contributed by atoms with Crippen LogP contribution in [0.5, 0.6) is 5.88 Å². The molecule has 0 spiro atoms. The van der Waals surface area contributed by atoms with Crippen molar-refractivity contribution in [2.75, 3.05) is 6.61 Å². The second-order valence-electron chi connectivity index (χ2n) is 4.50. The standard InChI is InChI=1S/C15H15Cl2N3O3/c1-3-20-15(22)11(7-18-20)14(21)9-5-6-12(16)10(13(9)17)8-19-23-4-2/h5-8,22H,3-4H2,1-2H3. The number of hydrogen-bond acceptors (Lipinski definition) is 5. The smallest absolute Gasteiger partial charge is 0.220 e. The lowest BCUT2D eigenvalue weighted by molar-refractivity contribution is 0.103. The molecule has 0 fully saturated rings. The molecule has 0 radical (unpaired) electrons. The minimum Gasteiger partial charge on any atom is -0.493 e. The van der Waals surface area contributed by atoms with Crippen LogP contribution in [0.4, 0.5) is 0 Å². The SMILES string of the molecule is CCON=Cc1c(Cl)ccc(C(=O)c2cnn(CC)c2O)c1Cl. The van der Waals surface area contributed by atoms with E-state index in [0.717, 1.165) is 0 Å². The van der Waals surface area contributed by atoms with E-state index >= 15 is 0 Å². The van der Waals surface area contributed by atoms with E-state index < -0.39 is 5.78 Å². The summed E-state index contributed by atoms with van der Waals surface area (Å²) in [7, 11) is 0. The van der Waals surface area contributed by atoms with E-state index in [1.165, 1.54) is 29.2 Å². The van der Waals surface area contributed by atoms with E-state index in [0.29, 0.717) is 23.7 Å². The Hall–Kier alpha value is -2.05. The third kappa shape index (κ3) is 3.48. The van der Waals surface area contributed by atoms with Gasteiger partial charge in [0.25, 0.3) is 0 Å². The van der Waals surface area contributed by atoms with E-state index in [4.69, 9.17) is 28.0 Å². The Bertz CT molecular complexity index is 757. The fraction of sp³-hybridized carbons (Fsp3) is 0.267. The van der Waals surface area contributed by atoms with Gasteiger partial charge in [0.2, 0.25) is 11.7 Å². The summed E-state index contributed by atoms with van der Waals surface area (Å²) in [6.07, 6.45) is 2.65. The molecule has 0 saturated heterocycles. The van der Waals surface area contributed by atoms with Gasteiger partial charge in [0, 0.05) is 17.7 Å². The maximum Gasteiger partial charge on any atom is 0.220 e. The highest BCUT2D eigenvalue weighted by Gasteiger charge is 2.22. The van der Waals surface area contributed by atoms with E-state index in [9.17, 15) is 9.90 Å². The highest BCUT2D eigenvalue weighted by Crippen LogP contribution is 2.30.